The van der Waals surface area contributed by atoms with E-state index in [-0.39, 0.29) is 28.0 Å². The molecule has 0 aliphatic carbocycles. The van der Waals surface area contributed by atoms with Crippen molar-refractivity contribution in [3.63, 3.8) is 0 Å². The van der Waals surface area contributed by atoms with Gasteiger partial charge in [-0.05, 0) is 38.5 Å². The first-order chi connectivity index (χ1) is 14.2. The molecule has 1 aliphatic rings. The molecule has 0 radical (unpaired) electrons. The smallest absolute Gasteiger partial charge is 0.341 e. The number of esters is 1. The SMILES string of the molecule is Cc1c(C(N)=O)sc(NC(=O)C2CC(c3cccc(Br)c3)=NO2)c1C(=O)OC(C)C. The summed E-state index contributed by atoms with van der Waals surface area (Å²) in [6.07, 6.45) is -0.967. The second-order valence-corrected chi connectivity index (χ2v) is 8.85. The summed E-state index contributed by atoms with van der Waals surface area (Å²) in [6.45, 7) is 5.00. The third-order valence-corrected chi connectivity index (χ3v) is 5.99. The molecule has 3 N–H and O–H groups in total. The Balaban J connectivity index is 1.79. The molecule has 1 aromatic heterocycles. The van der Waals surface area contributed by atoms with Crippen LogP contribution in [-0.4, -0.2) is 35.7 Å². The number of carbonyl (C=O) groups excluding carboxylic acids is 3. The summed E-state index contributed by atoms with van der Waals surface area (Å²) in [5.41, 5.74) is 7.36. The van der Waals surface area contributed by atoms with Crippen molar-refractivity contribution in [2.75, 3.05) is 5.32 Å². The standard InChI is InChI=1S/C20H20BrN3O5S/c1-9(2)28-20(27)15-10(3)16(17(22)25)30-19(15)23-18(26)14-8-13(24-29-14)11-5-4-6-12(21)7-11/h4-7,9,14H,8H2,1-3H3,(H2,22,25)(H,23,26). The number of primary amides is 1. The number of nitrogens with two attached hydrogens (primary N) is 1. The topological polar surface area (TPSA) is 120 Å². The van der Waals surface area contributed by atoms with Crippen LogP contribution in [0.15, 0.2) is 33.9 Å². The Labute approximate surface area is 185 Å². The van der Waals surface area contributed by atoms with Gasteiger partial charge in [-0.1, -0.05) is 33.2 Å². The third kappa shape index (κ3) is 4.71. The first kappa shape index (κ1) is 22.0. The van der Waals surface area contributed by atoms with E-state index in [4.69, 9.17) is 15.3 Å². The number of hydrogen-bond donors (Lipinski definition) is 2. The van der Waals surface area contributed by atoms with Gasteiger partial charge in [0.1, 0.15) is 5.00 Å². The summed E-state index contributed by atoms with van der Waals surface area (Å²) in [4.78, 5) is 42.5. The predicted octanol–water partition coefficient (Wildman–Crippen LogP) is 3.61. The van der Waals surface area contributed by atoms with E-state index in [1.807, 2.05) is 24.3 Å². The molecule has 1 aliphatic heterocycles. The van der Waals surface area contributed by atoms with E-state index in [1.54, 1.807) is 20.8 Å². The van der Waals surface area contributed by atoms with Crippen LogP contribution in [0.5, 0.6) is 0 Å². The number of benzene rings is 1. The number of nitrogens with zero attached hydrogens (tertiary/aromatic N) is 1. The molecular formula is C20H20BrN3O5S. The number of anilines is 1. The lowest BCUT2D eigenvalue weighted by atomic mass is 10.0. The van der Waals surface area contributed by atoms with Crippen LogP contribution in [0.2, 0.25) is 0 Å². The van der Waals surface area contributed by atoms with Gasteiger partial charge in [0.25, 0.3) is 11.8 Å². The molecule has 3 rings (SSSR count). The Morgan fingerprint density at radius 2 is 2.10 bits per heavy atom. The van der Waals surface area contributed by atoms with Crippen LogP contribution in [0.1, 0.15) is 51.4 Å². The maximum absolute atomic E-state index is 12.8. The minimum absolute atomic E-state index is 0.113. The summed E-state index contributed by atoms with van der Waals surface area (Å²) in [5.74, 6) is -1.81. The first-order valence-electron chi connectivity index (χ1n) is 9.11. The zero-order valence-corrected chi connectivity index (χ0v) is 18.9. The van der Waals surface area contributed by atoms with Crippen LogP contribution in [0, 0.1) is 6.92 Å². The highest BCUT2D eigenvalue weighted by Crippen LogP contribution is 2.34. The van der Waals surface area contributed by atoms with Crippen LogP contribution >= 0.6 is 27.3 Å². The van der Waals surface area contributed by atoms with Crippen molar-refractivity contribution in [3.05, 3.63) is 50.3 Å². The van der Waals surface area contributed by atoms with Gasteiger partial charge in [-0.2, -0.15) is 0 Å². The van der Waals surface area contributed by atoms with Gasteiger partial charge in [-0.15, -0.1) is 11.3 Å². The molecule has 30 heavy (non-hydrogen) atoms. The molecule has 2 heterocycles. The molecule has 2 amide bonds. The molecule has 10 heteroatoms. The maximum Gasteiger partial charge on any atom is 0.341 e. The van der Waals surface area contributed by atoms with Gasteiger partial charge in [0.2, 0.25) is 6.10 Å². The van der Waals surface area contributed by atoms with Crippen molar-refractivity contribution in [1.82, 2.24) is 0 Å². The molecule has 0 saturated heterocycles. The van der Waals surface area contributed by atoms with Crippen molar-refractivity contribution in [2.24, 2.45) is 10.9 Å². The Bertz CT molecular complexity index is 1050. The molecule has 0 fully saturated rings. The number of ether oxygens (including phenoxy) is 1. The summed E-state index contributed by atoms with van der Waals surface area (Å²) >= 11 is 4.33. The number of rotatable bonds is 6. The molecule has 0 saturated carbocycles. The lowest BCUT2D eigenvalue weighted by Crippen LogP contribution is -2.28. The minimum atomic E-state index is -0.868. The van der Waals surface area contributed by atoms with Crippen molar-refractivity contribution >= 4 is 55.8 Å². The number of nitrogens with one attached hydrogen (secondary N) is 1. The largest absolute Gasteiger partial charge is 0.459 e. The minimum Gasteiger partial charge on any atom is -0.459 e. The van der Waals surface area contributed by atoms with Gasteiger partial charge < -0.3 is 20.6 Å². The Hall–Kier alpha value is -2.72. The number of thiophene rings is 1. The second kappa shape index (κ2) is 8.97. The highest BCUT2D eigenvalue weighted by molar-refractivity contribution is 9.10. The number of oxime groups is 1. The average molecular weight is 494 g/mol. The molecule has 1 aromatic carbocycles. The van der Waals surface area contributed by atoms with Crippen molar-refractivity contribution < 1.29 is 24.0 Å². The van der Waals surface area contributed by atoms with E-state index in [0.29, 0.717) is 11.3 Å². The van der Waals surface area contributed by atoms with Crippen molar-refractivity contribution in [1.29, 1.82) is 0 Å². The van der Waals surface area contributed by atoms with Crippen LogP contribution in [0.4, 0.5) is 5.00 Å². The quantitative estimate of drug-likeness (QED) is 0.595. The van der Waals surface area contributed by atoms with Crippen molar-refractivity contribution in [2.45, 2.75) is 39.4 Å². The molecule has 2 aromatic rings. The fourth-order valence-corrected chi connectivity index (χ4v) is 4.35. The van der Waals surface area contributed by atoms with Gasteiger partial charge in [0, 0.05) is 16.5 Å². The molecule has 158 valence electrons. The molecule has 1 unspecified atom stereocenters. The molecule has 8 nitrogen and oxygen atoms in total. The average Bonchev–Trinajstić information content (AvgIpc) is 3.26. The third-order valence-electron chi connectivity index (χ3n) is 4.27. The van der Waals surface area contributed by atoms with Gasteiger partial charge in [-0.25, -0.2) is 4.79 Å². The van der Waals surface area contributed by atoms with E-state index in [2.05, 4.69) is 26.4 Å². The predicted molar refractivity (Wildman–Crippen MR) is 117 cm³/mol. The summed E-state index contributed by atoms with van der Waals surface area (Å²) in [5, 5.41) is 6.87. The van der Waals surface area contributed by atoms with Crippen LogP contribution in [-0.2, 0) is 14.4 Å². The van der Waals surface area contributed by atoms with Crippen molar-refractivity contribution in [3.8, 4) is 0 Å². The number of amides is 2. The van der Waals surface area contributed by atoms with E-state index < -0.39 is 23.9 Å². The van der Waals surface area contributed by atoms with Gasteiger partial charge in [-0.3, -0.25) is 9.59 Å². The maximum atomic E-state index is 12.8. The van der Waals surface area contributed by atoms with Crippen LogP contribution < -0.4 is 11.1 Å². The monoisotopic (exact) mass is 493 g/mol. The highest BCUT2D eigenvalue weighted by Gasteiger charge is 2.32. The molecular weight excluding hydrogens is 474 g/mol. The lowest BCUT2D eigenvalue weighted by Gasteiger charge is -2.12. The summed E-state index contributed by atoms with van der Waals surface area (Å²) < 4.78 is 6.14. The first-order valence-corrected chi connectivity index (χ1v) is 10.7. The van der Waals surface area contributed by atoms with Crippen LogP contribution in [0.3, 0.4) is 0 Å². The molecule has 1 atom stereocenters. The number of hydrogen-bond acceptors (Lipinski definition) is 7. The zero-order chi connectivity index (χ0) is 22.0. The summed E-state index contributed by atoms with van der Waals surface area (Å²) in [7, 11) is 0. The Morgan fingerprint density at radius 3 is 2.73 bits per heavy atom. The van der Waals surface area contributed by atoms with E-state index >= 15 is 0 Å². The van der Waals surface area contributed by atoms with Crippen LogP contribution in [0.25, 0.3) is 0 Å². The highest BCUT2D eigenvalue weighted by atomic mass is 79.9. The van der Waals surface area contributed by atoms with Gasteiger partial charge in [0.05, 0.1) is 22.3 Å². The van der Waals surface area contributed by atoms with E-state index in [1.165, 1.54) is 0 Å². The van der Waals surface area contributed by atoms with Gasteiger partial charge >= 0.3 is 5.97 Å². The summed E-state index contributed by atoms with van der Waals surface area (Å²) in [6, 6.07) is 7.50. The lowest BCUT2D eigenvalue weighted by molar-refractivity contribution is -0.125. The molecule has 0 spiro atoms. The Kier molecular flexibility index (Phi) is 6.57. The van der Waals surface area contributed by atoms with E-state index in [9.17, 15) is 14.4 Å². The normalized spacial score (nSPS) is 15.5. The fraction of sp³-hybridized carbons (Fsp3) is 0.300. The zero-order valence-electron chi connectivity index (χ0n) is 16.5. The number of carbonyl (C=O) groups is 3. The fourth-order valence-electron chi connectivity index (χ4n) is 2.90. The molecule has 0 bridgehead atoms. The van der Waals surface area contributed by atoms with Gasteiger partial charge in [0.15, 0.2) is 0 Å². The Morgan fingerprint density at radius 1 is 1.37 bits per heavy atom. The van der Waals surface area contributed by atoms with E-state index in [0.717, 1.165) is 21.4 Å². The second-order valence-electron chi connectivity index (χ2n) is 6.91. The number of halogens is 1.